The Hall–Kier alpha value is -2.94. The lowest BCUT2D eigenvalue weighted by Crippen LogP contribution is -2.33. The summed E-state index contributed by atoms with van der Waals surface area (Å²) in [5.41, 5.74) is 1.39. The van der Waals surface area contributed by atoms with Gasteiger partial charge in [0.25, 0.3) is 0 Å². The van der Waals surface area contributed by atoms with Crippen molar-refractivity contribution in [2.75, 3.05) is 25.1 Å². The van der Waals surface area contributed by atoms with Crippen molar-refractivity contribution < 1.29 is 23.5 Å². The molecule has 2 heterocycles. The summed E-state index contributed by atoms with van der Waals surface area (Å²) in [4.78, 5) is 28.5. The number of hydrogen-bond acceptors (Lipinski definition) is 5. The Morgan fingerprint density at radius 2 is 2.28 bits per heavy atom. The van der Waals surface area contributed by atoms with Crippen LogP contribution in [0.25, 0.3) is 10.6 Å². The zero-order valence-electron chi connectivity index (χ0n) is 15.8. The van der Waals surface area contributed by atoms with E-state index in [1.807, 2.05) is 0 Å². The normalized spacial score (nSPS) is 16.6. The molecular formula is C20H19BrFN3O4. The summed E-state index contributed by atoms with van der Waals surface area (Å²) in [5.74, 6) is -0.108. The van der Waals surface area contributed by atoms with Gasteiger partial charge in [-0.05, 0) is 46.3 Å². The van der Waals surface area contributed by atoms with Crippen LogP contribution >= 0.6 is 15.9 Å². The van der Waals surface area contributed by atoms with Gasteiger partial charge >= 0.3 is 6.09 Å². The van der Waals surface area contributed by atoms with Crippen LogP contribution in [0.1, 0.15) is 18.1 Å². The summed E-state index contributed by atoms with van der Waals surface area (Å²) in [5, 5.41) is 2.60. The number of nitrogens with zero attached hydrogens (tertiary/aromatic N) is 2. The number of aromatic nitrogens is 1. The number of methoxy groups -OCH3 is 1. The molecule has 7 nitrogen and oxygen atoms in total. The number of ether oxygens (including phenoxy) is 2. The number of carbonyl (C=O) groups excluding carboxylic acids is 2. The van der Waals surface area contributed by atoms with Crippen LogP contribution in [0.3, 0.4) is 0 Å². The van der Waals surface area contributed by atoms with Crippen LogP contribution in [0.4, 0.5) is 14.9 Å². The lowest BCUT2D eigenvalue weighted by atomic mass is 10.1. The Morgan fingerprint density at radius 1 is 1.48 bits per heavy atom. The number of hydrogen-bond donors (Lipinski definition) is 1. The van der Waals surface area contributed by atoms with Gasteiger partial charge in [-0.3, -0.25) is 14.7 Å². The standard InChI is InChI=1S/C20H19BrFN3O4/c1-12(26)24-9-15-11-25(20(27)29-15)14-4-3-13(18(22)8-14)7-17(21)16-10-23-6-5-19(16)28-2/h3-8,10,15H,9,11H2,1-2H3,(H,24,26)/t15-/m0/s1. The van der Waals surface area contributed by atoms with Crippen LogP contribution in [0.2, 0.25) is 0 Å². The molecule has 0 aliphatic carbocycles. The number of halogens is 2. The van der Waals surface area contributed by atoms with Crippen molar-refractivity contribution in [2.24, 2.45) is 0 Å². The van der Waals surface area contributed by atoms with Gasteiger partial charge in [-0.2, -0.15) is 0 Å². The minimum absolute atomic E-state index is 0.209. The fourth-order valence-electron chi connectivity index (χ4n) is 2.85. The second-order valence-electron chi connectivity index (χ2n) is 6.33. The van der Waals surface area contributed by atoms with Crippen LogP contribution in [-0.2, 0) is 9.53 Å². The number of pyridine rings is 1. The average Bonchev–Trinajstić information content (AvgIpc) is 3.08. The Morgan fingerprint density at radius 3 is 2.97 bits per heavy atom. The Kier molecular flexibility index (Phi) is 6.48. The van der Waals surface area contributed by atoms with E-state index in [-0.39, 0.29) is 19.0 Å². The SMILES string of the molecule is COc1ccncc1C(Br)=Cc1ccc(N2C[C@H](CNC(C)=O)OC2=O)cc1F. The van der Waals surface area contributed by atoms with E-state index < -0.39 is 18.0 Å². The summed E-state index contributed by atoms with van der Waals surface area (Å²) < 4.78 is 25.8. The summed E-state index contributed by atoms with van der Waals surface area (Å²) in [6.07, 6.45) is 3.76. The predicted octanol–water partition coefficient (Wildman–Crippen LogP) is 3.58. The van der Waals surface area contributed by atoms with Crippen molar-refractivity contribution in [2.45, 2.75) is 13.0 Å². The van der Waals surface area contributed by atoms with Gasteiger partial charge in [-0.1, -0.05) is 0 Å². The summed E-state index contributed by atoms with van der Waals surface area (Å²) >= 11 is 3.44. The van der Waals surface area contributed by atoms with E-state index in [2.05, 4.69) is 26.2 Å². The number of rotatable bonds is 6. The smallest absolute Gasteiger partial charge is 0.414 e. The second-order valence-corrected chi connectivity index (χ2v) is 7.18. The first-order valence-electron chi connectivity index (χ1n) is 8.76. The van der Waals surface area contributed by atoms with Crippen LogP contribution in [0, 0.1) is 5.82 Å². The van der Waals surface area contributed by atoms with E-state index in [1.165, 1.54) is 17.9 Å². The zero-order valence-corrected chi connectivity index (χ0v) is 17.4. The third-order valence-electron chi connectivity index (χ3n) is 4.29. The molecule has 1 N–H and O–H groups in total. The molecule has 2 aromatic rings. The molecule has 1 saturated heterocycles. The molecule has 1 aliphatic heterocycles. The van der Waals surface area contributed by atoms with Crippen LogP contribution < -0.4 is 15.0 Å². The average molecular weight is 464 g/mol. The highest BCUT2D eigenvalue weighted by Gasteiger charge is 2.32. The highest BCUT2D eigenvalue weighted by atomic mass is 79.9. The van der Waals surface area contributed by atoms with E-state index in [9.17, 15) is 14.0 Å². The third-order valence-corrected chi connectivity index (χ3v) is 4.95. The zero-order chi connectivity index (χ0) is 21.0. The molecule has 0 saturated carbocycles. The maximum absolute atomic E-state index is 14.7. The van der Waals surface area contributed by atoms with E-state index in [0.29, 0.717) is 27.0 Å². The van der Waals surface area contributed by atoms with Gasteiger partial charge in [0.1, 0.15) is 17.7 Å². The molecule has 152 valence electrons. The van der Waals surface area contributed by atoms with Gasteiger partial charge < -0.3 is 14.8 Å². The quantitative estimate of drug-likeness (QED) is 0.707. The molecule has 0 unspecified atom stereocenters. The molecule has 0 bridgehead atoms. The highest BCUT2D eigenvalue weighted by Crippen LogP contribution is 2.32. The minimum atomic E-state index is -0.579. The summed E-state index contributed by atoms with van der Waals surface area (Å²) in [6.45, 7) is 1.82. The maximum Gasteiger partial charge on any atom is 0.414 e. The lowest BCUT2D eigenvalue weighted by molar-refractivity contribution is -0.119. The molecule has 1 atom stereocenters. The van der Waals surface area contributed by atoms with Crippen LogP contribution in [-0.4, -0.2) is 43.3 Å². The Balaban J connectivity index is 1.78. The molecule has 1 aromatic carbocycles. The van der Waals surface area contributed by atoms with Crippen molar-refractivity contribution in [3.05, 3.63) is 53.6 Å². The number of cyclic esters (lactones) is 1. The van der Waals surface area contributed by atoms with E-state index in [4.69, 9.17) is 9.47 Å². The van der Waals surface area contributed by atoms with Crippen molar-refractivity contribution >= 4 is 44.2 Å². The van der Waals surface area contributed by atoms with Crippen LogP contribution in [0.15, 0.2) is 36.7 Å². The van der Waals surface area contributed by atoms with Crippen LogP contribution in [0.5, 0.6) is 5.75 Å². The number of benzene rings is 1. The van der Waals surface area contributed by atoms with Crippen molar-refractivity contribution in [1.29, 1.82) is 0 Å². The number of carbonyl (C=O) groups is 2. The van der Waals surface area contributed by atoms with E-state index >= 15 is 0 Å². The highest BCUT2D eigenvalue weighted by molar-refractivity contribution is 9.15. The molecule has 1 aliphatic rings. The molecule has 29 heavy (non-hydrogen) atoms. The topological polar surface area (TPSA) is 80.8 Å². The van der Waals surface area contributed by atoms with Crippen molar-refractivity contribution in [1.82, 2.24) is 10.3 Å². The minimum Gasteiger partial charge on any atom is -0.496 e. The second kappa shape index (κ2) is 9.04. The van der Waals surface area contributed by atoms with Gasteiger partial charge in [0.05, 0.1) is 25.9 Å². The van der Waals surface area contributed by atoms with Gasteiger partial charge in [0.15, 0.2) is 0 Å². The van der Waals surface area contributed by atoms with Gasteiger partial charge in [-0.25, -0.2) is 9.18 Å². The molecule has 3 rings (SSSR count). The molecule has 2 amide bonds. The first-order chi connectivity index (χ1) is 13.9. The molecule has 1 fully saturated rings. The first-order valence-corrected chi connectivity index (χ1v) is 9.56. The largest absolute Gasteiger partial charge is 0.496 e. The lowest BCUT2D eigenvalue weighted by Gasteiger charge is -2.14. The number of anilines is 1. The van der Waals surface area contributed by atoms with Gasteiger partial charge in [0.2, 0.25) is 5.91 Å². The third kappa shape index (κ3) is 4.92. The molecule has 1 aromatic heterocycles. The molecule has 9 heteroatoms. The molecule has 0 spiro atoms. The molecular weight excluding hydrogens is 445 g/mol. The fourth-order valence-corrected chi connectivity index (χ4v) is 3.39. The Labute approximate surface area is 175 Å². The number of amides is 2. The van der Waals surface area contributed by atoms with Gasteiger partial charge in [-0.15, -0.1) is 0 Å². The molecule has 0 radical (unpaired) electrons. The van der Waals surface area contributed by atoms with E-state index in [1.54, 1.807) is 43.8 Å². The fraction of sp³-hybridized carbons (Fsp3) is 0.250. The van der Waals surface area contributed by atoms with Crippen molar-refractivity contribution in [3.63, 3.8) is 0 Å². The van der Waals surface area contributed by atoms with Gasteiger partial charge in [0, 0.05) is 34.9 Å². The van der Waals surface area contributed by atoms with E-state index in [0.717, 1.165) is 0 Å². The number of nitrogens with one attached hydrogen (secondary N) is 1. The first kappa shape index (κ1) is 20.8. The maximum atomic E-state index is 14.7. The predicted molar refractivity (Wildman–Crippen MR) is 110 cm³/mol. The summed E-state index contributed by atoms with van der Waals surface area (Å²) in [6, 6.07) is 6.19. The van der Waals surface area contributed by atoms with Crippen molar-refractivity contribution in [3.8, 4) is 5.75 Å². The summed E-state index contributed by atoms with van der Waals surface area (Å²) in [7, 11) is 1.54. The Bertz CT molecular complexity index is 966. The monoisotopic (exact) mass is 463 g/mol.